The molecular formula is C9H11FO5. The van der Waals surface area contributed by atoms with E-state index in [1.54, 1.807) is 0 Å². The van der Waals surface area contributed by atoms with E-state index < -0.39 is 30.1 Å². The van der Waals surface area contributed by atoms with Crippen LogP contribution in [0.15, 0.2) is 0 Å². The van der Waals surface area contributed by atoms with Crippen LogP contribution in [-0.4, -0.2) is 36.2 Å². The molecule has 3 aliphatic rings. The number of fused-ring (bicyclic) bond motifs is 2. The van der Waals surface area contributed by atoms with Crippen LogP contribution < -0.4 is 0 Å². The third-order valence-corrected chi connectivity index (χ3v) is 3.10. The topological polar surface area (TPSA) is 60.6 Å². The Morgan fingerprint density at radius 2 is 2.07 bits per heavy atom. The molecule has 0 saturated carbocycles. The smallest absolute Gasteiger partial charge is 0.305 e. The standard InChI is InChI=1S/C9H11FO5/c1-4(11)12-8-6-3-2-5(13-6)7(10)9(8)14-15-9/h5-8H,2-3H2,1H3/t5-,6-,7+,8+/m1/s1. The van der Waals surface area contributed by atoms with Gasteiger partial charge in [-0.1, -0.05) is 0 Å². The van der Waals surface area contributed by atoms with E-state index in [0.29, 0.717) is 12.8 Å². The van der Waals surface area contributed by atoms with E-state index in [2.05, 4.69) is 0 Å². The van der Waals surface area contributed by atoms with Gasteiger partial charge in [0.15, 0.2) is 12.3 Å². The first-order valence-electron chi connectivity index (χ1n) is 4.97. The Morgan fingerprint density at radius 1 is 1.40 bits per heavy atom. The van der Waals surface area contributed by atoms with Crippen molar-refractivity contribution in [3.63, 3.8) is 0 Å². The second-order valence-corrected chi connectivity index (χ2v) is 4.11. The molecule has 0 N–H and O–H groups in total. The van der Waals surface area contributed by atoms with Crippen molar-refractivity contribution in [1.82, 2.24) is 0 Å². The van der Waals surface area contributed by atoms with E-state index in [9.17, 15) is 9.18 Å². The lowest BCUT2D eigenvalue weighted by Crippen LogP contribution is -2.55. The largest absolute Gasteiger partial charge is 0.454 e. The molecular weight excluding hydrogens is 207 g/mol. The third kappa shape index (κ3) is 1.22. The number of alkyl halides is 1. The highest BCUT2D eigenvalue weighted by molar-refractivity contribution is 5.66. The molecule has 3 saturated heterocycles. The molecule has 0 amide bonds. The van der Waals surface area contributed by atoms with Crippen LogP contribution >= 0.6 is 0 Å². The first-order valence-corrected chi connectivity index (χ1v) is 4.97. The van der Waals surface area contributed by atoms with Crippen molar-refractivity contribution in [3.8, 4) is 0 Å². The van der Waals surface area contributed by atoms with E-state index >= 15 is 0 Å². The predicted molar refractivity (Wildman–Crippen MR) is 43.2 cm³/mol. The summed E-state index contributed by atoms with van der Waals surface area (Å²) in [7, 11) is 0. The quantitative estimate of drug-likeness (QED) is 0.364. The molecule has 3 rings (SSSR count). The highest BCUT2D eigenvalue weighted by Crippen LogP contribution is 2.51. The minimum absolute atomic E-state index is 0.312. The van der Waals surface area contributed by atoms with Gasteiger partial charge in [0.1, 0.15) is 6.10 Å². The molecule has 3 heterocycles. The van der Waals surface area contributed by atoms with Crippen molar-refractivity contribution in [2.24, 2.45) is 0 Å². The zero-order valence-corrected chi connectivity index (χ0v) is 8.14. The lowest BCUT2D eigenvalue weighted by atomic mass is 9.98. The number of ether oxygens (including phenoxy) is 2. The second-order valence-electron chi connectivity index (χ2n) is 4.11. The molecule has 0 aromatic rings. The Kier molecular flexibility index (Phi) is 1.84. The van der Waals surface area contributed by atoms with Crippen LogP contribution in [0.1, 0.15) is 19.8 Å². The molecule has 0 aromatic carbocycles. The first kappa shape index (κ1) is 9.50. The van der Waals surface area contributed by atoms with Gasteiger partial charge >= 0.3 is 11.8 Å². The van der Waals surface area contributed by atoms with Crippen molar-refractivity contribution >= 4 is 5.97 Å². The zero-order chi connectivity index (χ0) is 10.6. The Balaban J connectivity index is 1.87. The number of hydrogen-bond donors (Lipinski definition) is 0. The molecule has 0 aromatic heterocycles. The molecule has 84 valence electrons. The SMILES string of the molecule is CC(=O)O[C@H]1[C@H]2CC[C@@H](O2)[C@H](F)C12OO2. The summed E-state index contributed by atoms with van der Waals surface area (Å²) in [6, 6.07) is 0. The Bertz CT molecular complexity index is 303. The van der Waals surface area contributed by atoms with Gasteiger partial charge in [0, 0.05) is 6.92 Å². The molecule has 6 heteroatoms. The van der Waals surface area contributed by atoms with Crippen LogP contribution in [0.5, 0.6) is 0 Å². The van der Waals surface area contributed by atoms with E-state index in [0.717, 1.165) is 0 Å². The molecule has 1 spiro atoms. The van der Waals surface area contributed by atoms with Gasteiger partial charge in [-0.3, -0.25) is 4.79 Å². The van der Waals surface area contributed by atoms with Crippen LogP contribution in [-0.2, 0) is 24.0 Å². The van der Waals surface area contributed by atoms with Gasteiger partial charge in [0.2, 0.25) is 0 Å². The monoisotopic (exact) mass is 218 g/mol. The molecule has 0 unspecified atom stereocenters. The van der Waals surface area contributed by atoms with Crippen LogP contribution in [0.2, 0.25) is 0 Å². The Labute approximate surface area is 85.4 Å². The Hall–Kier alpha value is -0.720. The maximum absolute atomic E-state index is 13.8. The zero-order valence-electron chi connectivity index (χ0n) is 8.14. The molecule has 0 aliphatic carbocycles. The normalized spacial score (nSPS) is 45.5. The summed E-state index contributed by atoms with van der Waals surface area (Å²) in [6.07, 6.45) is -1.71. The summed E-state index contributed by atoms with van der Waals surface area (Å²) < 4.78 is 24.3. The van der Waals surface area contributed by atoms with E-state index in [-0.39, 0.29) is 6.10 Å². The highest BCUT2D eigenvalue weighted by atomic mass is 19.1. The van der Waals surface area contributed by atoms with E-state index in [4.69, 9.17) is 19.2 Å². The molecule has 3 aliphatic heterocycles. The van der Waals surface area contributed by atoms with Crippen LogP contribution in [0.3, 0.4) is 0 Å². The highest BCUT2D eigenvalue weighted by Gasteiger charge is 2.73. The minimum Gasteiger partial charge on any atom is -0.454 e. The van der Waals surface area contributed by atoms with Gasteiger partial charge in [-0.05, 0) is 12.8 Å². The predicted octanol–water partition coefficient (Wildman–Crippen LogP) is 0.475. The summed E-state index contributed by atoms with van der Waals surface area (Å²) >= 11 is 0. The average molecular weight is 218 g/mol. The van der Waals surface area contributed by atoms with Gasteiger partial charge in [-0.2, -0.15) is 9.78 Å². The number of hydrogen-bond acceptors (Lipinski definition) is 5. The van der Waals surface area contributed by atoms with Crippen LogP contribution in [0.4, 0.5) is 4.39 Å². The fourth-order valence-corrected chi connectivity index (χ4v) is 2.37. The average Bonchev–Trinajstić information content (AvgIpc) is 2.84. The van der Waals surface area contributed by atoms with Gasteiger partial charge in [-0.15, -0.1) is 0 Å². The van der Waals surface area contributed by atoms with Crippen molar-refractivity contribution in [2.75, 3.05) is 0 Å². The number of rotatable bonds is 1. The number of halogens is 1. The molecule has 15 heavy (non-hydrogen) atoms. The van der Waals surface area contributed by atoms with Gasteiger partial charge in [0.05, 0.1) is 6.10 Å². The summed E-state index contributed by atoms with van der Waals surface area (Å²) in [5.41, 5.74) is 0. The van der Waals surface area contributed by atoms with Crippen molar-refractivity contribution in [1.29, 1.82) is 0 Å². The van der Waals surface area contributed by atoms with Crippen molar-refractivity contribution in [3.05, 3.63) is 0 Å². The number of carbonyl (C=O) groups is 1. The fraction of sp³-hybridized carbons (Fsp3) is 0.889. The van der Waals surface area contributed by atoms with Crippen LogP contribution in [0, 0.1) is 0 Å². The van der Waals surface area contributed by atoms with Gasteiger partial charge < -0.3 is 9.47 Å². The second kappa shape index (κ2) is 2.90. The van der Waals surface area contributed by atoms with Crippen LogP contribution in [0.25, 0.3) is 0 Å². The summed E-state index contributed by atoms with van der Waals surface area (Å²) in [6.45, 7) is 1.27. The lowest BCUT2D eigenvalue weighted by molar-refractivity contribution is -0.191. The summed E-state index contributed by atoms with van der Waals surface area (Å²) in [5.74, 6) is -1.88. The van der Waals surface area contributed by atoms with E-state index in [1.165, 1.54) is 6.92 Å². The molecule has 2 bridgehead atoms. The maximum atomic E-state index is 13.8. The third-order valence-electron chi connectivity index (χ3n) is 3.10. The number of esters is 1. The summed E-state index contributed by atoms with van der Waals surface area (Å²) in [4.78, 5) is 20.3. The molecule has 4 atom stereocenters. The maximum Gasteiger partial charge on any atom is 0.305 e. The van der Waals surface area contributed by atoms with Crippen molar-refractivity contribution in [2.45, 2.75) is 50.0 Å². The fourth-order valence-electron chi connectivity index (χ4n) is 2.37. The Morgan fingerprint density at radius 3 is 2.67 bits per heavy atom. The summed E-state index contributed by atoms with van der Waals surface area (Å²) in [5, 5.41) is 0. The van der Waals surface area contributed by atoms with Gasteiger partial charge in [-0.25, -0.2) is 4.39 Å². The first-order chi connectivity index (χ1) is 7.13. The molecule has 0 radical (unpaired) electrons. The minimum atomic E-state index is -1.39. The molecule has 3 fully saturated rings. The lowest BCUT2D eigenvalue weighted by Gasteiger charge is -2.33. The molecule has 5 nitrogen and oxygen atoms in total. The number of carbonyl (C=O) groups excluding carboxylic acids is 1. The van der Waals surface area contributed by atoms with Gasteiger partial charge in [0.25, 0.3) is 0 Å². The van der Waals surface area contributed by atoms with E-state index in [1.807, 2.05) is 0 Å². The van der Waals surface area contributed by atoms with Crippen molar-refractivity contribution < 1.29 is 28.4 Å².